The van der Waals surface area contributed by atoms with Gasteiger partial charge in [0.1, 0.15) is 6.29 Å². The van der Waals surface area contributed by atoms with E-state index in [4.69, 9.17) is 10.4 Å². The molecule has 0 spiro atoms. The van der Waals surface area contributed by atoms with Gasteiger partial charge in [0.05, 0.1) is 6.07 Å². The minimum Gasteiger partial charge on any atom is -0.374 e. The van der Waals surface area contributed by atoms with Crippen molar-refractivity contribution in [2.75, 3.05) is 0 Å². The van der Waals surface area contributed by atoms with Crippen LogP contribution in [0.2, 0.25) is 0 Å². The lowest BCUT2D eigenvalue weighted by Crippen LogP contribution is -1.98. The second-order valence-electron chi connectivity index (χ2n) is 2.28. The van der Waals surface area contributed by atoms with Crippen molar-refractivity contribution in [1.29, 1.82) is 5.26 Å². The molecule has 0 fully saturated rings. The third-order valence-corrected chi connectivity index (χ3v) is 1.54. The Morgan fingerprint density at radius 2 is 2.17 bits per heavy atom. The molecular formula is C9H7NO2. The molecule has 3 heteroatoms. The summed E-state index contributed by atoms with van der Waals surface area (Å²) in [7, 11) is 0. The lowest BCUT2D eigenvalue weighted by atomic mass is 10.0. The molecule has 0 aliphatic heterocycles. The second-order valence-corrected chi connectivity index (χ2v) is 2.28. The number of carbonyl (C=O) groups is 1. The maximum atomic E-state index is 10.4. The summed E-state index contributed by atoms with van der Waals surface area (Å²) in [6.07, 6.45) is -0.595. The van der Waals surface area contributed by atoms with E-state index in [1.165, 1.54) is 0 Å². The molecule has 0 bridgehead atoms. The molecule has 1 aromatic carbocycles. The van der Waals surface area contributed by atoms with Crippen molar-refractivity contribution >= 4 is 6.29 Å². The molecule has 12 heavy (non-hydrogen) atoms. The van der Waals surface area contributed by atoms with Gasteiger partial charge in [0, 0.05) is 11.1 Å². The molecule has 1 rings (SSSR count). The van der Waals surface area contributed by atoms with Crippen molar-refractivity contribution in [3.63, 3.8) is 0 Å². The van der Waals surface area contributed by atoms with Crippen molar-refractivity contribution in [2.45, 2.75) is 6.10 Å². The highest BCUT2D eigenvalue weighted by atomic mass is 16.3. The third-order valence-electron chi connectivity index (χ3n) is 1.54. The van der Waals surface area contributed by atoms with E-state index < -0.39 is 6.10 Å². The number of nitriles is 1. The Hall–Kier alpha value is -1.66. The minimum atomic E-state index is -1.22. The molecule has 1 unspecified atom stereocenters. The van der Waals surface area contributed by atoms with Crippen LogP contribution in [0, 0.1) is 11.3 Å². The molecule has 0 aromatic heterocycles. The zero-order chi connectivity index (χ0) is 8.97. The van der Waals surface area contributed by atoms with Gasteiger partial charge in [-0.2, -0.15) is 5.26 Å². The highest BCUT2D eigenvalue weighted by molar-refractivity contribution is 5.77. The van der Waals surface area contributed by atoms with Crippen molar-refractivity contribution in [3.8, 4) is 6.07 Å². The summed E-state index contributed by atoms with van der Waals surface area (Å²) in [5, 5.41) is 17.5. The van der Waals surface area contributed by atoms with E-state index in [0.29, 0.717) is 17.4 Å². The van der Waals surface area contributed by atoms with Crippen molar-refractivity contribution < 1.29 is 9.90 Å². The molecule has 1 N–H and O–H groups in total. The first-order valence-electron chi connectivity index (χ1n) is 3.41. The van der Waals surface area contributed by atoms with Crippen molar-refractivity contribution in [1.82, 2.24) is 0 Å². The van der Waals surface area contributed by atoms with Crippen LogP contribution in [0.25, 0.3) is 0 Å². The van der Waals surface area contributed by atoms with E-state index in [1.807, 2.05) is 0 Å². The number of benzene rings is 1. The normalized spacial score (nSPS) is 11.7. The van der Waals surface area contributed by atoms with E-state index in [2.05, 4.69) is 0 Å². The molecule has 1 atom stereocenters. The first kappa shape index (κ1) is 8.44. The molecule has 0 saturated heterocycles. The number of hydrogen-bond acceptors (Lipinski definition) is 3. The summed E-state index contributed by atoms with van der Waals surface area (Å²) in [6, 6.07) is 8.11. The lowest BCUT2D eigenvalue weighted by Gasteiger charge is -2.03. The van der Waals surface area contributed by atoms with Crippen LogP contribution in [-0.4, -0.2) is 11.4 Å². The summed E-state index contributed by atoms with van der Waals surface area (Å²) in [6.45, 7) is 0. The predicted octanol–water partition coefficient (Wildman–Crippen LogP) is 1.06. The Morgan fingerprint density at radius 3 is 2.75 bits per heavy atom. The largest absolute Gasteiger partial charge is 0.374 e. The lowest BCUT2D eigenvalue weighted by molar-refractivity contribution is 0.111. The number of aldehydes is 1. The third kappa shape index (κ3) is 1.49. The van der Waals surface area contributed by atoms with E-state index >= 15 is 0 Å². The Kier molecular flexibility index (Phi) is 2.57. The van der Waals surface area contributed by atoms with Gasteiger partial charge in [0.25, 0.3) is 0 Å². The van der Waals surface area contributed by atoms with Gasteiger partial charge in [0.15, 0.2) is 6.10 Å². The van der Waals surface area contributed by atoms with Gasteiger partial charge in [0.2, 0.25) is 0 Å². The van der Waals surface area contributed by atoms with Crippen molar-refractivity contribution in [3.05, 3.63) is 35.4 Å². The van der Waals surface area contributed by atoms with Crippen LogP contribution in [0.5, 0.6) is 0 Å². The fourth-order valence-corrected chi connectivity index (χ4v) is 0.937. The number of aliphatic hydroxyl groups is 1. The zero-order valence-electron chi connectivity index (χ0n) is 6.27. The Labute approximate surface area is 69.9 Å². The van der Waals surface area contributed by atoms with Gasteiger partial charge >= 0.3 is 0 Å². The smallest absolute Gasteiger partial charge is 0.166 e. The van der Waals surface area contributed by atoms with E-state index in [1.54, 1.807) is 30.3 Å². The van der Waals surface area contributed by atoms with Crippen molar-refractivity contribution in [2.24, 2.45) is 0 Å². The molecule has 1 aromatic rings. The Balaban J connectivity index is 3.15. The second kappa shape index (κ2) is 3.65. The number of aliphatic hydroxyl groups excluding tert-OH is 1. The summed E-state index contributed by atoms with van der Waals surface area (Å²) in [4.78, 5) is 10.4. The van der Waals surface area contributed by atoms with Crippen LogP contribution >= 0.6 is 0 Å². The molecule has 0 radical (unpaired) electrons. The van der Waals surface area contributed by atoms with Crippen LogP contribution in [-0.2, 0) is 0 Å². The Bertz CT molecular complexity index is 328. The molecule has 0 aliphatic carbocycles. The number of rotatable bonds is 2. The summed E-state index contributed by atoms with van der Waals surface area (Å²) in [5.74, 6) is 0. The van der Waals surface area contributed by atoms with E-state index in [0.717, 1.165) is 0 Å². The fraction of sp³-hybridized carbons (Fsp3) is 0.111. The number of nitrogens with zero attached hydrogens (tertiary/aromatic N) is 1. The summed E-state index contributed by atoms with van der Waals surface area (Å²) < 4.78 is 0. The van der Waals surface area contributed by atoms with E-state index in [-0.39, 0.29) is 0 Å². The first-order chi connectivity index (χ1) is 5.79. The topological polar surface area (TPSA) is 61.1 Å². The van der Waals surface area contributed by atoms with Gasteiger partial charge in [-0.05, 0) is 0 Å². The van der Waals surface area contributed by atoms with E-state index in [9.17, 15) is 4.79 Å². The SMILES string of the molecule is N#CC(O)c1ccccc1C=O. The molecule has 0 aliphatic rings. The maximum absolute atomic E-state index is 10.4. The van der Waals surface area contributed by atoms with Gasteiger partial charge in [-0.1, -0.05) is 24.3 Å². The molecule has 0 saturated carbocycles. The highest BCUT2D eigenvalue weighted by Crippen LogP contribution is 2.14. The van der Waals surface area contributed by atoms with Crippen LogP contribution in [0.3, 0.4) is 0 Å². The predicted molar refractivity (Wildman–Crippen MR) is 42.4 cm³/mol. The van der Waals surface area contributed by atoms with Gasteiger partial charge in [-0.15, -0.1) is 0 Å². The molecule has 0 amide bonds. The number of carbonyl (C=O) groups excluding carboxylic acids is 1. The summed E-state index contributed by atoms with van der Waals surface area (Å²) >= 11 is 0. The van der Waals surface area contributed by atoms with Crippen LogP contribution in [0.15, 0.2) is 24.3 Å². The van der Waals surface area contributed by atoms with Gasteiger partial charge < -0.3 is 5.11 Å². The van der Waals surface area contributed by atoms with Crippen LogP contribution in [0.1, 0.15) is 22.0 Å². The maximum Gasteiger partial charge on any atom is 0.166 e. The highest BCUT2D eigenvalue weighted by Gasteiger charge is 2.08. The molecule has 60 valence electrons. The molecule has 0 heterocycles. The zero-order valence-corrected chi connectivity index (χ0v) is 6.27. The van der Waals surface area contributed by atoms with Gasteiger partial charge in [-0.3, -0.25) is 4.79 Å². The summed E-state index contributed by atoms with van der Waals surface area (Å²) in [5.41, 5.74) is 0.710. The number of hydrogen-bond donors (Lipinski definition) is 1. The monoisotopic (exact) mass is 161 g/mol. The van der Waals surface area contributed by atoms with Crippen LogP contribution in [0.4, 0.5) is 0 Å². The average molecular weight is 161 g/mol. The Morgan fingerprint density at radius 1 is 1.50 bits per heavy atom. The average Bonchev–Trinajstić information content (AvgIpc) is 2.16. The standard InChI is InChI=1S/C9H7NO2/c10-5-9(12)8-4-2-1-3-7(8)6-11/h1-4,6,9,12H. The molecular weight excluding hydrogens is 154 g/mol. The van der Waals surface area contributed by atoms with Gasteiger partial charge in [-0.25, -0.2) is 0 Å². The van der Waals surface area contributed by atoms with Crippen LogP contribution < -0.4 is 0 Å². The quantitative estimate of drug-likeness (QED) is 0.521. The first-order valence-corrected chi connectivity index (χ1v) is 3.41. The molecule has 3 nitrogen and oxygen atoms in total. The fourth-order valence-electron chi connectivity index (χ4n) is 0.937. The minimum absolute atomic E-state index is 0.353.